The predicted octanol–water partition coefficient (Wildman–Crippen LogP) is 1.23. The van der Waals surface area contributed by atoms with Gasteiger partial charge in [-0.05, 0) is 50.1 Å². The summed E-state index contributed by atoms with van der Waals surface area (Å²) in [5.41, 5.74) is 2.68. The summed E-state index contributed by atoms with van der Waals surface area (Å²) >= 11 is 0. The Balaban J connectivity index is 1.63. The van der Waals surface area contributed by atoms with Gasteiger partial charge >= 0.3 is 0 Å². The number of aliphatic hydroxyl groups is 1. The molecule has 1 saturated heterocycles. The van der Waals surface area contributed by atoms with Crippen LogP contribution in [0.5, 0.6) is 0 Å². The molecule has 1 fully saturated rings. The average molecular weight is 393 g/mol. The summed E-state index contributed by atoms with van der Waals surface area (Å²) in [6.45, 7) is 2.57. The minimum atomic E-state index is -0.537. The number of carbonyl (C=O) groups is 1. The van der Waals surface area contributed by atoms with E-state index in [1.807, 2.05) is 25.1 Å². The predicted molar refractivity (Wildman–Crippen MR) is 108 cm³/mol. The van der Waals surface area contributed by atoms with Gasteiger partial charge in [0.1, 0.15) is 0 Å². The maximum Gasteiger partial charge on any atom is 0.280 e. The zero-order valence-corrected chi connectivity index (χ0v) is 16.2. The van der Waals surface area contributed by atoms with Crippen molar-refractivity contribution < 1.29 is 9.90 Å². The largest absolute Gasteiger partial charge is 0.391 e. The number of aliphatic hydroxyl groups excluding tert-OH is 1. The van der Waals surface area contributed by atoms with E-state index in [9.17, 15) is 14.7 Å². The molecule has 1 aliphatic heterocycles. The number of rotatable bonds is 5. The van der Waals surface area contributed by atoms with E-state index in [-0.39, 0.29) is 35.9 Å². The Morgan fingerprint density at radius 2 is 2.24 bits per heavy atom. The van der Waals surface area contributed by atoms with Gasteiger partial charge in [-0.15, -0.1) is 0 Å². The van der Waals surface area contributed by atoms with Gasteiger partial charge in [0.2, 0.25) is 0 Å². The second-order valence-electron chi connectivity index (χ2n) is 7.45. The van der Waals surface area contributed by atoms with E-state index < -0.39 is 6.10 Å². The molecule has 0 aliphatic carbocycles. The highest BCUT2D eigenvalue weighted by Gasteiger charge is 2.25. The summed E-state index contributed by atoms with van der Waals surface area (Å²) in [7, 11) is 0. The third-order valence-electron chi connectivity index (χ3n) is 5.27. The van der Waals surface area contributed by atoms with Crippen LogP contribution in [0.2, 0.25) is 0 Å². The Hall–Kier alpha value is -2.97. The third-order valence-corrected chi connectivity index (χ3v) is 5.27. The molecule has 0 amide bonds. The summed E-state index contributed by atoms with van der Waals surface area (Å²) in [5.74, 6) is -0.133. The molecule has 0 bridgehead atoms. The third kappa shape index (κ3) is 4.08. The lowest BCUT2D eigenvalue weighted by molar-refractivity contribution is -0.121. The molecular formula is C21H23N5O3. The molecule has 1 aliphatic rings. The fourth-order valence-corrected chi connectivity index (χ4v) is 3.71. The Labute approximate surface area is 167 Å². The number of piperidine rings is 1. The van der Waals surface area contributed by atoms with Crippen molar-refractivity contribution in [1.82, 2.24) is 24.8 Å². The van der Waals surface area contributed by atoms with Crippen LogP contribution in [0.3, 0.4) is 0 Å². The smallest absolute Gasteiger partial charge is 0.280 e. The molecule has 0 radical (unpaired) electrons. The number of nitrogens with zero attached hydrogens (tertiary/aromatic N) is 4. The van der Waals surface area contributed by atoms with Gasteiger partial charge in [-0.3, -0.25) is 19.1 Å². The maximum atomic E-state index is 13.0. The van der Waals surface area contributed by atoms with Gasteiger partial charge in [-0.1, -0.05) is 0 Å². The van der Waals surface area contributed by atoms with Crippen molar-refractivity contribution in [1.29, 1.82) is 0 Å². The molecule has 29 heavy (non-hydrogen) atoms. The highest BCUT2D eigenvalue weighted by atomic mass is 16.3. The van der Waals surface area contributed by atoms with Gasteiger partial charge in [-0.25, -0.2) is 9.97 Å². The normalized spacial score (nSPS) is 19.4. The first-order valence-electron chi connectivity index (χ1n) is 9.73. The molecule has 150 valence electrons. The van der Waals surface area contributed by atoms with Crippen LogP contribution in [0.25, 0.3) is 22.3 Å². The first-order valence-corrected chi connectivity index (χ1v) is 9.73. The Morgan fingerprint density at radius 3 is 3.00 bits per heavy atom. The number of pyridine rings is 2. The molecule has 0 spiro atoms. The number of hydrogen-bond acceptors (Lipinski definition) is 7. The van der Waals surface area contributed by atoms with Crippen LogP contribution in [-0.2, 0) is 11.3 Å². The second kappa shape index (κ2) is 8.18. The fraction of sp³-hybridized carbons (Fsp3) is 0.381. The molecule has 2 atom stereocenters. The van der Waals surface area contributed by atoms with Crippen LogP contribution >= 0.6 is 0 Å². The molecule has 4 heterocycles. The molecule has 8 nitrogen and oxygen atoms in total. The number of Topliss-reactive ketones (excluding diaryl/α,β-unsaturated/α-hetero) is 1. The van der Waals surface area contributed by atoms with Gasteiger partial charge in [0, 0.05) is 30.4 Å². The van der Waals surface area contributed by atoms with Crippen LogP contribution in [0, 0.1) is 6.92 Å². The Bertz CT molecular complexity index is 1100. The van der Waals surface area contributed by atoms with E-state index >= 15 is 0 Å². The Kier molecular flexibility index (Phi) is 5.46. The molecule has 3 aromatic heterocycles. The van der Waals surface area contributed by atoms with Crippen molar-refractivity contribution in [2.75, 3.05) is 6.54 Å². The number of carbonyl (C=O) groups excluding carboxylic acids is 1. The van der Waals surface area contributed by atoms with Crippen molar-refractivity contribution in [3.8, 4) is 11.3 Å². The van der Waals surface area contributed by atoms with E-state index in [1.165, 1.54) is 10.9 Å². The number of fused-ring (bicyclic) bond motifs is 1. The number of aryl methyl sites for hydroxylation is 1. The number of aromatic nitrogens is 4. The summed E-state index contributed by atoms with van der Waals surface area (Å²) in [6.07, 6.45) is 5.97. The molecular weight excluding hydrogens is 370 g/mol. The first kappa shape index (κ1) is 19.4. The van der Waals surface area contributed by atoms with Crippen LogP contribution in [0.4, 0.5) is 0 Å². The maximum absolute atomic E-state index is 13.0. The molecule has 8 heteroatoms. The molecule has 0 aromatic carbocycles. The van der Waals surface area contributed by atoms with Gasteiger partial charge < -0.3 is 10.4 Å². The summed E-state index contributed by atoms with van der Waals surface area (Å²) in [4.78, 5) is 38.4. The van der Waals surface area contributed by atoms with Crippen molar-refractivity contribution in [2.24, 2.45) is 0 Å². The molecule has 0 unspecified atom stereocenters. The molecule has 2 N–H and O–H groups in total. The highest BCUT2D eigenvalue weighted by Crippen LogP contribution is 2.21. The molecule has 3 aromatic rings. The first-order chi connectivity index (χ1) is 14.0. The van der Waals surface area contributed by atoms with Crippen molar-refractivity contribution in [3.63, 3.8) is 0 Å². The van der Waals surface area contributed by atoms with Crippen molar-refractivity contribution in [3.05, 3.63) is 52.8 Å². The Morgan fingerprint density at radius 1 is 1.38 bits per heavy atom. The monoisotopic (exact) mass is 393 g/mol. The average Bonchev–Trinajstić information content (AvgIpc) is 2.72. The van der Waals surface area contributed by atoms with Gasteiger partial charge in [0.25, 0.3) is 5.56 Å². The SMILES string of the molecule is Cc1cc(-c2cccnc2)nc2c(=O)n(CC(=O)C[C@H]3NCCC[C@@H]3O)cnc12. The topological polar surface area (TPSA) is 110 Å². The highest BCUT2D eigenvalue weighted by molar-refractivity contribution is 5.82. The summed E-state index contributed by atoms with van der Waals surface area (Å²) in [6, 6.07) is 5.29. The lowest BCUT2D eigenvalue weighted by atomic mass is 9.97. The van der Waals surface area contributed by atoms with Crippen molar-refractivity contribution in [2.45, 2.75) is 44.9 Å². The quantitative estimate of drug-likeness (QED) is 0.671. The van der Waals surface area contributed by atoms with E-state index in [1.54, 1.807) is 12.4 Å². The van der Waals surface area contributed by atoms with Crippen LogP contribution in [-0.4, -0.2) is 49.1 Å². The standard InChI is InChI=1S/C21H23N5O3/c1-13-8-16(14-4-2-6-22-10-14)25-20-19(13)24-12-26(21(20)29)11-15(27)9-17-18(28)5-3-7-23-17/h2,4,6,8,10,12,17-18,23,28H,3,5,7,9,11H2,1H3/t17-,18+/m1/s1. The zero-order valence-electron chi connectivity index (χ0n) is 16.2. The number of ketones is 1. The van der Waals surface area contributed by atoms with Gasteiger partial charge in [0.15, 0.2) is 11.3 Å². The van der Waals surface area contributed by atoms with Crippen LogP contribution in [0.15, 0.2) is 41.7 Å². The number of hydrogen-bond donors (Lipinski definition) is 2. The van der Waals surface area contributed by atoms with E-state index in [0.29, 0.717) is 17.6 Å². The summed E-state index contributed by atoms with van der Waals surface area (Å²) in [5, 5.41) is 13.2. The number of nitrogens with one attached hydrogen (secondary N) is 1. The van der Waals surface area contributed by atoms with Crippen LogP contribution in [0.1, 0.15) is 24.8 Å². The summed E-state index contributed by atoms with van der Waals surface area (Å²) < 4.78 is 1.29. The van der Waals surface area contributed by atoms with E-state index in [2.05, 4.69) is 20.3 Å². The van der Waals surface area contributed by atoms with Crippen LogP contribution < -0.4 is 10.9 Å². The fourth-order valence-electron chi connectivity index (χ4n) is 3.71. The molecule has 4 rings (SSSR count). The lowest BCUT2D eigenvalue weighted by Gasteiger charge is -2.28. The van der Waals surface area contributed by atoms with E-state index in [0.717, 1.165) is 24.1 Å². The lowest BCUT2D eigenvalue weighted by Crippen LogP contribution is -2.46. The zero-order chi connectivity index (χ0) is 20.4. The van der Waals surface area contributed by atoms with Gasteiger partial charge in [-0.2, -0.15) is 0 Å². The molecule has 0 saturated carbocycles. The van der Waals surface area contributed by atoms with E-state index in [4.69, 9.17) is 0 Å². The second-order valence-corrected chi connectivity index (χ2v) is 7.45. The minimum Gasteiger partial charge on any atom is -0.391 e. The van der Waals surface area contributed by atoms with Gasteiger partial charge in [0.05, 0.1) is 30.2 Å². The minimum absolute atomic E-state index is 0.0927. The van der Waals surface area contributed by atoms with Crippen molar-refractivity contribution >= 4 is 16.8 Å².